The number of thiophene rings is 1. The van der Waals surface area contributed by atoms with E-state index in [1.807, 2.05) is 17.5 Å². The molecule has 0 saturated carbocycles. The van der Waals surface area contributed by atoms with E-state index in [9.17, 15) is 14.0 Å². The summed E-state index contributed by atoms with van der Waals surface area (Å²) in [5.41, 5.74) is 2.00. The van der Waals surface area contributed by atoms with Crippen LogP contribution in [0, 0.1) is 5.82 Å². The minimum Gasteiger partial charge on any atom is -0.378 e. The first-order valence-corrected chi connectivity index (χ1v) is 11.0. The number of amides is 2. The number of carbonyl (C=O) groups excluding carboxylic acids is 2. The highest BCUT2D eigenvalue weighted by Crippen LogP contribution is 2.26. The summed E-state index contributed by atoms with van der Waals surface area (Å²) in [7, 11) is 0. The monoisotopic (exact) mass is 442 g/mol. The van der Waals surface area contributed by atoms with Crippen molar-refractivity contribution in [1.82, 2.24) is 20.0 Å². The predicted molar refractivity (Wildman–Crippen MR) is 115 cm³/mol. The lowest BCUT2D eigenvalue weighted by molar-refractivity contribution is -0.121. The molecule has 1 fully saturated rings. The average molecular weight is 443 g/mol. The smallest absolute Gasteiger partial charge is 0.274 e. The molecular formula is C22H23FN4O3S. The highest BCUT2D eigenvalue weighted by Gasteiger charge is 2.23. The van der Waals surface area contributed by atoms with Gasteiger partial charge in [-0.15, -0.1) is 11.3 Å². The molecule has 3 heterocycles. The number of nitrogens with zero attached hydrogens (tertiary/aromatic N) is 3. The van der Waals surface area contributed by atoms with Crippen LogP contribution in [0.3, 0.4) is 0 Å². The minimum atomic E-state index is -0.282. The molecule has 162 valence electrons. The zero-order valence-electron chi connectivity index (χ0n) is 16.9. The normalized spacial score (nSPS) is 13.9. The van der Waals surface area contributed by atoms with E-state index in [2.05, 4.69) is 10.4 Å². The van der Waals surface area contributed by atoms with Gasteiger partial charge >= 0.3 is 0 Å². The summed E-state index contributed by atoms with van der Waals surface area (Å²) in [6.45, 7) is 2.53. The Morgan fingerprint density at radius 3 is 2.65 bits per heavy atom. The Morgan fingerprint density at radius 1 is 1.16 bits per heavy atom. The molecule has 1 N–H and O–H groups in total. The average Bonchev–Trinajstić information content (AvgIpc) is 3.45. The molecule has 0 unspecified atom stereocenters. The second kappa shape index (κ2) is 9.84. The number of nitrogens with one attached hydrogen (secondary N) is 1. The number of hydrogen-bond acceptors (Lipinski definition) is 5. The summed E-state index contributed by atoms with van der Waals surface area (Å²) in [5, 5.41) is 9.26. The van der Waals surface area contributed by atoms with Crippen molar-refractivity contribution in [3.63, 3.8) is 0 Å². The molecule has 1 aromatic carbocycles. The van der Waals surface area contributed by atoms with Crippen LogP contribution in [0.25, 0.3) is 10.6 Å². The van der Waals surface area contributed by atoms with Crippen LogP contribution in [0.5, 0.6) is 0 Å². The maximum atomic E-state index is 13.0. The Labute approximate surface area is 183 Å². The molecule has 0 atom stereocenters. The van der Waals surface area contributed by atoms with Gasteiger partial charge in [0.1, 0.15) is 12.4 Å². The zero-order valence-corrected chi connectivity index (χ0v) is 17.7. The number of halogens is 1. The highest BCUT2D eigenvalue weighted by molar-refractivity contribution is 7.13. The fourth-order valence-corrected chi connectivity index (χ4v) is 4.13. The Kier molecular flexibility index (Phi) is 6.73. The summed E-state index contributed by atoms with van der Waals surface area (Å²) in [5.74, 6) is -0.639. The lowest BCUT2D eigenvalue weighted by Gasteiger charge is -2.25. The molecule has 1 aliphatic heterocycles. The van der Waals surface area contributed by atoms with E-state index in [1.54, 1.807) is 27.8 Å². The molecule has 3 aromatic rings. The van der Waals surface area contributed by atoms with Crippen LogP contribution in [0.1, 0.15) is 16.1 Å². The Balaban J connectivity index is 1.43. The van der Waals surface area contributed by atoms with Gasteiger partial charge in [0.25, 0.3) is 5.91 Å². The molecule has 1 saturated heterocycles. The van der Waals surface area contributed by atoms with Crippen LogP contribution in [0.4, 0.5) is 4.39 Å². The van der Waals surface area contributed by atoms with Gasteiger partial charge in [0.15, 0.2) is 5.69 Å². The first-order chi connectivity index (χ1) is 15.1. The van der Waals surface area contributed by atoms with Gasteiger partial charge in [0.2, 0.25) is 5.91 Å². The Morgan fingerprint density at radius 2 is 1.94 bits per heavy atom. The van der Waals surface area contributed by atoms with Gasteiger partial charge in [-0.3, -0.25) is 14.3 Å². The van der Waals surface area contributed by atoms with Gasteiger partial charge in [-0.05, 0) is 41.6 Å². The number of hydrogen-bond donors (Lipinski definition) is 1. The van der Waals surface area contributed by atoms with E-state index in [0.29, 0.717) is 45.0 Å². The molecule has 0 spiro atoms. The Bertz CT molecular complexity index is 1030. The van der Waals surface area contributed by atoms with Crippen molar-refractivity contribution in [3.05, 3.63) is 64.9 Å². The topological polar surface area (TPSA) is 76.5 Å². The third-order valence-electron chi connectivity index (χ3n) is 5.01. The molecule has 1 aliphatic rings. The van der Waals surface area contributed by atoms with Crippen molar-refractivity contribution in [1.29, 1.82) is 0 Å². The molecule has 2 amide bonds. The number of benzene rings is 1. The van der Waals surface area contributed by atoms with E-state index < -0.39 is 0 Å². The molecule has 0 radical (unpaired) electrons. The molecular weight excluding hydrogens is 419 g/mol. The second-order valence-corrected chi connectivity index (χ2v) is 8.13. The van der Waals surface area contributed by atoms with E-state index in [-0.39, 0.29) is 24.2 Å². The molecule has 4 rings (SSSR count). The van der Waals surface area contributed by atoms with Crippen LogP contribution < -0.4 is 5.32 Å². The first kappa shape index (κ1) is 21.2. The van der Waals surface area contributed by atoms with Crippen molar-refractivity contribution in [2.45, 2.75) is 13.0 Å². The van der Waals surface area contributed by atoms with Crippen LogP contribution in [-0.2, 0) is 22.5 Å². The van der Waals surface area contributed by atoms with Gasteiger partial charge in [-0.25, -0.2) is 4.39 Å². The van der Waals surface area contributed by atoms with Crippen LogP contribution >= 0.6 is 11.3 Å². The number of morpholine rings is 1. The van der Waals surface area contributed by atoms with Gasteiger partial charge in [0, 0.05) is 19.6 Å². The van der Waals surface area contributed by atoms with Crippen molar-refractivity contribution >= 4 is 23.2 Å². The summed E-state index contributed by atoms with van der Waals surface area (Å²) >= 11 is 1.53. The van der Waals surface area contributed by atoms with Crippen LogP contribution in [0.15, 0.2) is 47.8 Å². The largest absolute Gasteiger partial charge is 0.378 e. The van der Waals surface area contributed by atoms with E-state index in [4.69, 9.17) is 4.74 Å². The number of aromatic nitrogens is 2. The van der Waals surface area contributed by atoms with Crippen molar-refractivity contribution in [2.75, 3.05) is 32.8 Å². The first-order valence-electron chi connectivity index (χ1n) is 10.1. The third kappa shape index (κ3) is 5.36. The number of carbonyl (C=O) groups is 2. The summed E-state index contributed by atoms with van der Waals surface area (Å²) in [4.78, 5) is 28.0. The molecule has 31 heavy (non-hydrogen) atoms. The van der Waals surface area contributed by atoms with E-state index in [1.165, 1.54) is 23.5 Å². The van der Waals surface area contributed by atoms with Crippen molar-refractivity contribution < 1.29 is 18.7 Å². The fourth-order valence-electron chi connectivity index (χ4n) is 3.38. The van der Waals surface area contributed by atoms with Gasteiger partial charge < -0.3 is 15.0 Å². The summed E-state index contributed by atoms with van der Waals surface area (Å²) in [6.07, 6.45) is 0.601. The lowest BCUT2D eigenvalue weighted by atomic mass is 10.1. The van der Waals surface area contributed by atoms with Gasteiger partial charge in [-0.1, -0.05) is 18.2 Å². The molecule has 0 bridgehead atoms. The maximum absolute atomic E-state index is 13.0. The van der Waals surface area contributed by atoms with Gasteiger partial charge in [-0.2, -0.15) is 5.10 Å². The fraction of sp³-hybridized carbons (Fsp3) is 0.318. The van der Waals surface area contributed by atoms with Gasteiger partial charge in [0.05, 0.1) is 23.8 Å². The molecule has 0 aliphatic carbocycles. The molecule has 2 aromatic heterocycles. The molecule has 7 nitrogen and oxygen atoms in total. The standard InChI is InChI=1S/C22H23FN4O3S/c23-17-5-3-16(4-6-17)7-8-24-21(28)15-27-19(20-2-1-13-31-20)14-18(25-27)22(29)26-9-11-30-12-10-26/h1-6,13-14H,7-12,15H2,(H,24,28). The minimum absolute atomic E-state index is 0.00699. The van der Waals surface area contributed by atoms with E-state index >= 15 is 0 Å². The second-order valence-electron chi connectivity index (χ2n) is 7.18. The van der Waals surface area contributed by atoms with Crippen molar-refractivity contribution in [2.24, 2.45) is 0 Å². The zero-order chi connectivity index (χ0) is 21.6. The lowest BCUT2D eigenvalue weighted by Crippen LogP contribution is -2.41. The predicted octanol–water partition coefficient (Wildman–Crippen LogP) is 2.58. The maximum Gasteiger partial charge on any atom is 0.274 e. The quantitative estimate of drug-likeness (QED) is 0.610. The van der Waals surface area contributed by atoms with Crippen molar-refractivity contribution in [3.8, 4) is 10.6 Å². The number of ether oxygens (including phenoxy) is 1. The highest BCUT2D eigenvalue weighted by atomic mass is 32.1. The number of rotatable bonds is 7. The van der Waals surface area contributed by atoms with Crippen LogP contribution in [0.2, 0.25) is 0 Å². The Hall–Kier alpha value is -3.04. The SMILES string of the molecule is O=C(Cn1nc(C(=O)N2CCOCC2)cc1-c1cccs1)NCCc1ccc(F)cc1. The van der Waals surface area contributed by atoms with Crippen LogP contribution in [-0.4, -0.2) is 59.3 Å². The summed E-state index contributed by atoms with van der Waals surface area (Å²) < 4.78 is 19.9. The molecule has 9 heteroatoms. The van der Waals surface area contributed by atoms with E-state index in [0.717, 1.165) is 16.1 Å². The summed E-state index contributed by atoms with van der Waals surface area (Å²) in [6, 6.07) is 11.8. The third-order valence-corrected chi connectivity index (χ3v) is 5.91.